The zero-order chi connectivity index (χ0) is 7.68. The van der Waals surface area contributed by atoms with Crippen LogP contribution in [0, 0.1) is 0 Å². The Bertz CT molecular complexity index is 240. The maximum absolute atomic E-state index is 5.30. The summed E-state index contributed by atoms with van der Waals surface area (Å²) in [6, 6.07) is 0.222. The molecule has 0 spiro atoms. The van der Waals surface area contributed by atoms with Gasteiger partial charge in [0, 0.05) is 0 Å². The van der Waals surface area contributed by atoms with E-state index in [1.165, 1.54) is 0 Å². The van der Waals surface area contributed by atoms with Gasteiger partial charge in [0.25, 0.3) is 5.95 Å². The minimum Gasteiger partial charge on any atom is -0.365 e. The van der Waals surface area contributed by atoms with Crippen LogP contribution >= 0.6 is 0 Å². The van der Waals surface area contributed by atoms with Crippen LogP contribution in [0.4, 0.5) is 5.95 Å². The molecule has 0 aliphatic carbocycles. The first kappa shape index (κ1) is 6.60. The number of nitrogen functional groups attached to an aromatic ring is 1. The van der Waals surface area contributed by atoms with Crippen LogP contribution in [-0.4, -0.2) is 16.7 Å². The van der Waals surface area contributed by atoms with Gasteiger partial charge >= 0.3 is 0 Å². The maximum atomic E-state index is 5.30. The van der Waals surface area contributed by atoms with E-state index in [1.54, 1.807) is 0 Å². The molecule has 1 atom stereocenters. The molecule has 5 heteroatoms. The molecule has 0 aromatic carbocycles. The molecule has 0 saturated carbocycles. The van der Waals surface area contributed by atoms with Crippen molar-refractivity contribution in [2.24, 2.45) is 0 Å². The first-order valence-electron chi connectivity index (χ1n) is 3.69. The Morgan fingerprint density at radius 3 is 3.09 bits per heavy atom. The normalized spacial score (nSPS) is 24.2. The van der Waals surface area contributed by atoms with Crippen LogP contribution in [0.25, 0.3) is 0 Å². The molecule has 60 valence electrons. The van der Waals surface area contributed by atoms with E-state index < -0.39 is 0 Å². The second-order valence-corrected chi connectivity index (χ2v) is 2.64. The Hall–Kier alpha value is -1.10. The van der Waals surface area contributed by atoms with Crippen molar-refractivity contribution in [1.82, 2.24) is 15.5 Å². The summed E-state index contributed by atoms with van der Waals surface area (Å²) in [4.78, 5) is 3.93. The molecule has 0 bridgehead atoms. The lowest BCUT2D eigenvalue weighted by Gasteiger charge is -2.00. The topological polar surface area (TPSA) is 77.0 Å². The smallest absolute Gasteiger partial charge is 0.260 e. The zero-order valence-corrected chi connectivity index (χ0v) is 6.08. The molecule has 1 aromatic heterocycles. The third-order valence-electron chi connectivity index (χ3n) is 1.82. The van der Waals surface area contributed by atoms with Crippen molar-refractivity contribution in [3.8, 4) is 0 Å². The van der Waals surface area contributed by atoms with E-state index in [9.17, 15) is 0 Å². The Morgan fingerprint density at radius 2 is 2.55 bits per heavy atom. The summed E-state index contributed by atoms with van der Waals surface area (Å²) in [5.74, 6) is 0.827. The molecule has 1 aliphatic heterocycles. The molecule has 0 amide bonds. The molecule has 2 rings (SSSR count). The molecule has 1 saturated heterocycles. The molecule has 0 radical (unpaired) electrons. The Morgan fingerprint density at radius 1 is 1.64 bits per heavy atom. The van der Waals surface area contributed by atoms with Crippen LogP contribution in [0.15, 0.2) is 4.52 Å². The van der Waals surface area contributed by atoms with Crippen LogP contribution < -0.4 is 11.1 Å². The highest BCUT2D eigenvalue weighted by Gasteiger charge is 2.21. The van der Waals surface area contributed by atoms with E-state index in [1.807, 2.05) is 0 Å². The van der Waals surface area contributed by atoms with Crippen molar-refractivity contribution in [2.45, 2.75) is 18.9 Å². The molecule has 1 aromatic rings. The molecule has 1 unspecified atom stereocenters. The quantitative estimate of drug-likeness (QED) is 0.598. The van der Waals surface area contributed by atoms with E-state index in [4.69, 9.17) is 10.3 Å². The van der Waals surface area contributed by atoms with Crippen LogP contribution in [-0.2, 0) is 0 Å². The summed E-state index contributed by atoms with van der Waals surface area (Å²) in [6.45, 7) is 1.02. The zero-order valence-electron chi connectivity index (χ0n) is 6.08. The van der Waals surface area contributed by atoms with Gasteiger partial charge in [0.05, 0.1) is 6.04 Å². The highest BCUT2D eigenvalue weighted by molar-refractivity contribution is 5.12. The number of nitrogens with one attached hydrogen (secondary N) is 1. The van der Waals surface area contributed by atoms with Crippen LogP contribution in [0.1, 0.15) is 24.8 Å². The van der Waals surface area contributed by atoms with E-state index in [0.29, 0.717) is 5.89 Å². The van der Waals surface area contributed by atoms with Gasteiger partial charge in [-0.25, -0.2) is 0 Å². The number of nitrogens with zero attached hydrogens (tertiary/aromatic N) is 2. The molecule has 3 N–H and O–H groups in total. The third kappa shape index (κ3) is 1.19. The minimum absolute atomic E-state index is 0.216. The first-order chi connectivity index (χ1) is 5.36. The summed E-state index contributed by atoms with van der Waals surface area (Å²) >= 11 is 0. The number of anilines is 1. The SMILES string of the molecule is Nc1noc(C2CCCN2)n1. The predicted octanol–water partition coefficient (Wildman–Crippen LogP) is 0.0763. The predicted molar refractivity (Wildman–Crippen MR) is 38.7 cm³/mol. The highest BCUT2D eigenvalue weighted by atomic mass is 16.5. The summed E-state index contributed by atoms with van der Waals surface area (Å²) in [5.41, 5.74) is 5.30. The van der Waals surface area contributed by atoms with Gasteiger partial charge in [0.2, 0.25) is 5.89 Å². The Kier molecular flexibility index (Phi) is 1.50. The van der Waals surface area contributed by atoms with Gasteiger partial charge in [0.15, 0.2) is 0 Å². The van der Waals surface area contributed by atoms with E-state index >= 15 is 0 Å². The third-order valence-corrected chi connectivity index (χ3v) is 1.82. The number of nitrogens with two attached hydrogens (primary N) is 1. The summed E-state index contributed by atoms with van der Waals surface area (Å²) in [6.07, 6.45) is 2.22. The lowest BCUT2D eigenvalue weighted by Crippen LogP contribution is -2.13. The van der Waals surface area contributed by atoms with Crippen LogP contribution in [0.5, 0.6) is 0 Å². The number of rotatable bonds is 1. The van der Waals surface area contributed by atoms with Gasteiger partial charge in [-0.1, -0.05) is 0 Å². The fourth-order valence-corrected chi connectivity index (χ4v) is 1.28. The fraction of sp³-hybridized carbons (Fsp3) is 0.667. The van der Waals surface area contributed by atoms with Crippen molar-refractivity contribution in [2.75, 3.05) is 12.3 Å². The van der Waals surface area contributed by atoms with Crippen molar-refractivity contribution >= 4 is 5.95 Å². The summed E-state index contributed by atoms with van der Waals surface area (Å²) in [7, 11) is 0. The fourth-order valence-electron chi connectivity index (χ4n) is 1.28. The van der Waals surface area contributed by atoms with Gasteiger partial charge in [-0.2, -0.15) is 4.98 Å². The van der Waals surface area contributed by atoms with Crippen LogP contribution in [0.3, 0.4) is 0 Å². The molecular weight excluding hydrogens is 144 g/mol. The van der Waals surface area contributed by atoms with E-state index in [2.05, 4.69) is 15.5 Å². The molecule has 2 heterocycles. The van der Waals surface area contributed by atoms with Crippen molar-refractivity contribution in [3.63, 3.8) is 0 Å². The van der Waals surface area contributed by atoms with Gasteiger partial charge in [0.1, 0.15) is 0 Å². The Balaban J connectivity index is 2.15. The highest BCUT2D eigenvalue weighted by Crippen LogP contribution is 2.21. The van der Waals surface area contributed by atoms with E-state index in [0.717, 1.165) is 19.4 Å². The van der Waals surface area contributed by atoms with Gasteiger partial charge in [-0.05, 0) is 24.5 Å². The standard InChI is InChI=1S/C6H10N4O/c7-6-9-5(11-10-6)4-2-1-3-8-4/h4,8H,1-3H2,(H2,7,10). The lowest BCUT2D eigenvalue weighted by atomic mass is 10.2. The van der Waals surface area contributed by atoms with E-state index in [-0.39, 0.29) is 12.0 Å². The number of hydrogen-bond donors (Lipinski definition) is 2. The molecule has 1 aliphatic rings. The largest absolute Gasteiger partial charge is 0.365 e. The van der Waals surface area contributed by atoms with Crippen molar-refractivity contribution < 1.29 is 4.52 Å². The van der Waals surface area contributed by atoms with Crippen molar-refractivity contribution in [3.05, 3.63) is 5.89 Å². The minimum atomic E-state index is 0.216. The number of hydrogen-bond acceptors (Lipinski definition) is 5. The monoisotopic (exact) mass is 154 g/mol. The number of aromatic nitrogens is 2. The van der Waals surface area contributed by atoms with Gasteiger partial charge in [-0.15, -0.1) is 0 Å². The maximum Gasteiger partial charge on any atom is 0.260 e. The average Bonchev–Trinajstić information content (AvgIpc) is 2.55. The second kappa shape index (κ2) is 2.50. The van der Waals surface area contributed by atoms with Crippen molar-refractivity contribution in [1.29, 1.82) is 0 Å². The Labute approximate surface area is 64.0 Å². The van der Waals surface area contributed by atoms with Crippen LogP contribution in [0.2, 0.25) is 0 Å². The van der Waals surface area contributed by atoms with Gasteiger partial charge < -0.3 is 15.6 Å². The molecule has 11 heavy (non-hydrogen) atoms. The average molecular weight is 154 g/mol. The summed E-state index contributed by atoms with van der Waals surface area (Å²) in [5, 5.41) is 6.75. The molecule has 1 fully saturated rings. The van der Waals surface area contributed by atoms with Gasteiger partial charge in [-0.3, -0.25) is 0 Å². The summed E-state index contributed by atoms with van der Waals surface area (Å²) < 4.78 is 4.90. The lowest BCUT2D eigenvalue weighted by molar-refractivity contribution is 0.345. The molecular formula is C6H10N4O. The molecule has 5 nitrogen and oxygen atoms in total. The first-order valence-corrected chi connectivity index (χ1v) is 3.69. The second-order valence-electron chi connectivity index (χ2n) is 2.64.